The van der Waals surface area contributed by atoms with Crippen LogP contribution in [0.1, 0.15) is 56.1 Å². The largest absolute Gasteiger partial charge is 0.356 e. The van der Waals surface area contributed by atoms with E-state index in [1.807, 2.05) is 24.4 Å². The van der Waals surface area contributed by atoms with E-state index in [2.05, 4.69) is 15.2 Å². The van der Waals surface area contributed by atoms with Gasteiger partial charge in [0.05, 0.1) is 5.41 Å². The topological polar surface area (TPSA) is 45.2 Å². The van der Waals surface area contributed by atoms with Gasteiger partial charge in [-0.25, -0.2) is 9.37 Å². The van der Waals surface area contributed by atoms with Crippen LogP contribution in [0.15, 0.2) is 42.6 Å². The molecule has 28 heavy (non-hydrogen) atoms. The number of hydrogen-bond acceptors (Lipinski definition) is 3. The van der Waals surface area contributed by atoms with Gasteiger partial charge >= 0.3 is 0 Å². The molecule has 1 aliphatic carbocycles. The standard InChI is InChI=1S/C23H28FN3O/c24-20-10-6-9-19(16-20)23(11-2-3-12-23)22(28)26-17-18-8-7-13-25-21(18)27-14-4-1-5-15-27/h6-10,13,16H,1-5,11-12,14-15,17H2,(H,26,28). The molecule has 0 bridgehead atoms. The summed E-state index contributed by atoms with van der Waals surface area (Å²) in [6, 6.07) is 10.5. The Morgan fingerprint density at radius 1 is 1.07 bits per heavy atom. The van der Waals surface area contributed by atoms with Crippen molar-refractivity contribution in [1.29, 1.82) is 0 Å². The molecule has 2 aromatic rings. The molecule has 4 rings (SSSR count). The molecule has 2 heterocycles. The monoisotopic (exact) mass is 381 g/mol. The molecule has 2 aliphatic rings. The van der Waals surface area contributed by atoms with Gasteiger partial charge in [-0.05, 0) is 55.9 Å². The van der Waals surface area contributed by atoms with Crippen LogP contribution < -0.4 is 10.2 Å². The van der Waals surface area contributed by atoms with Gasteiger partial charge in [0.2, 0.25) is 5.91 Å². The quantitative estimate of drug-likeness (QED) is 0.838. The lowest BCUT2D eigenvalue weighted by molar-refractivity contribution is -0.126. The highest BCUT2D eigenvalue weighted by Gasteiger charge is 2.42. The normalized spacial score (nSPS) is 18.8. The fraction of sp³-hybridized carbons (Fsp3) is 0.478. The van der Waals surface area contributed by atoms with Gasteiger partial charge in [0.1, 0.15) is 11.6 Å². The van der Waals surface area contributed by atoms with Crippen molar-refractivity contribution in [3.05, 3.63) is 59.5 Å². The fourth-order valence-corrected chi connectivity index (χ4v) is 4.71. The number of carbonyl (C=O) groups is 1. The molecule has 1 aliphatic heterocycles. The third kappa shape index (κ3) is 3.75. The number of piperidine rings is 1. The van der Waals surface area contributed by atoms with E-state index in [4.69, 9.17) is 0 Å². The summed E-state index contributed by atoms with van der Waals surface area (Å²) in [6.45, 7) is 2.49. The van der Waals surface area contributed by atoms with E-state index in [1.54, 1.807) is 6.07 Å². The second kappa shape index (κ2) is 8.29. The van der Waals surface area contributed by atoms with Crippen molar-refractivity contribution in [2.75, 3.05) is 18.0 Å². The summed E-state index contributed by atoms with van der Waals surface area (Å²) < 4.78 is 13.8. The van der Waals surface area contributed by atoms with Gasteiger partial charge in [-0.3, -0.25) is 4.79 Å². The van der Waals surface area contributed by atoms with Gasteiger partial charge in [0.15, 0.2) is 0 Å². The second-order valence-corrected chi connectivity index (χ2v) is 8.02. The number of anilines is 1. The highest BCUT2D eigenvalue weighted by Crippen LogP contribution is 2.41. The number of carbonyl (C=O) groups excluding carboxylic acids is 1. The predicted octanol–water partition coefficient (Wildman–Crippen LogP) is 4.34. The third-order valence-corrected chi connectivity index (χ3v) is 6.23. The van der Waals surface area contributed by atoms with Gasteiger partial charge in [-0.2, -0.15) is 0 Å². The molecule has 1 N–H and O–H groups in total. The maximum Gasteiger partial charge on any atom is 0.230 e. The number of rotatable bonds is 5. The van der Waals surface area contributed by atoms with E-state index in [0.29, 0.717) is 6.54 Å². The van der Waals surface area contributed by atoms with Crippen molar-refractivity contribution in [2.45, 2.75) is 56.9 Å². The van der Waals surface area contributed by atoms with Crippen LogP contribution in [0, 0.1) is 5.82 Å². The number of nitrogens with one attached hydrogen (secondary N) is 1. The molecule has 1 aromatic carbocycles. The zero-order chi connectivity index (χ0) is 19.4. The van der Waals surface area contributed by atoms with Gasteiger partial charge in [-0.1, -0.05) is 31.0 Å². The van der Waals surface area contributed by atoms with Crippen LogP contribution in [0.4, 0.5) is 10.2 Å². The number of aromatic nitrogens is 1. The minimum Gasteiger partial charge on any atom is -0.356 e. The molecule has 1 saturated carbocycles. The first kappa shape index (κ1) is 18.9. The maximum absolute atomic E-state index is 13.8. The molecule has 1 aromatic heterocycles. The molecule has 5 heteroatoms. The van der Waals surface area contributed by atoms with E-state index in [1.165, 1.54) is 31.4 Å². The Morgan fingerprint density at radius 2 is 1.86 bits per heavy atom. The highest BCUT2D eigenvalue weighted by atomic mass is 19.1. The summed E-state index contributed by atoms with van der Waals surface area (Å²) in [6.07, 6.45) is 9.00. The van der Waals surface area contributed by atoms with Gasteiger partial charge in [0.25, 0.3) is 0 Å². The summed E-state index contributed by atoms with van der Waals surface area (Å²) in [5.74, 6) is 0.703. The smallest absolute Gasteiger partial charge is 0.230 e. The zero-order valence-corrected chi connectivity index (χ0v) is 16.3. The molecular formula is C23H28FN3O. The zero-order valence-electron chi connectivity index (χ0n) is 16.3. The summed E-state index contributed by atoms with van der Waals surface area (Å²) >= 11 is 0. The number of nitrogens with zero attached hydrogens (tertiary/aromatic N) is 2. The van der Waals surface area contributed by atoms with Crippen LogP contribution in [0.25, 0.3) is 0 Å². The molecule has 4 nitrogen and oxygen atoms in total. The lowest BCUT2D eigenvalue weighted by Crippen LogP contribution is -2.42. The SMILES string of the molecule is O=C(NCc1cccnc1N1CCCCC1)C1(c2cccc(F)c2)CCCC1. The Kier molecular flexibility index (Phi) is 5.60. The molecule has 1 amide bonds. The van der Waals surface area contributed by atoms with Crippen LogP contribution in [-0.2, 0) is 16.8 Å². The minimum atomic E-state index is -0.615. The highest BCUT2D eigenvalue weighted by molar-refractivity contribution is 5.88. The maximum atomic E-state index is 13.8. The molecule has 0 atom stereocenters. The Balaban J connectivity index is 1.52. The molecule has 0 spiro atoms. The Bertz CT molecular complexity index is 826. The van der Waals surface area contributed by atoms with E-state index in [0.717, 1.165) is 55.7 Å². The molecule has 0 unspecified atom stereocenters. The summed E-state index contributed by atoms with van der Waals surface area (Å²) in [7, 11) is 0. The Morgan fingerprint density at radius 3 is 2.61 bits per heavy atom. The van der Waals surface area contributed by atoms with Crippen molar-refractivity contribution >= 4 is 11.7 Å². The van der Waals surface area contributed by atoms with Crippen molar-refractivity contribution in [3.8, 4) is 0 Å². The third-order valence-electron chi connectivity index (χ3n) is 6.23. The van der Waals surface area contributed by atoms with Gasteiger partial charge in [0, 0.05) is 31.4 Å². The van der Waals surface area contributed by atoms with Crippen molar-refractivity contribution in [2.24, 2.45) is 0 Å². The lowest BCUT2D eigenvalue weighted by atomic mass is 9.78. The van der Waals surface area contributed by atoms with Crippen LogP contribution in [0.5, 0.6) is 0 Å². The number of pyridine rings is 1. The average Bonchev–Trinajstić information content (AvgIpc) is 3.24. The summed E-state index contributed by atoms with van der Waals surface area (Å²) in [4.78, 5) is 20.2. The Hall–Kier alpha value is -2.43. The second-order valence-electron chi connectivity index (χ2n) is 8.02. The van der Waals surface area contributed by atoms with Crippen molar-refractivity contribution < 1.29 is 9.18 Å². The van der Waals surface area contributed by atoms with E-state index < -0.39 is 5.41 Å². The molecule has 0 radical (unpaired) electrons. The first-order chi connectivity index (χ1) is 13.7. The van der Waals surface area contributed by atoms with Crippen LogP contribution in [0.2, 0.25) is 0 Å². The summed E-state index contributed by atoms with van der Waals surface area (Å²) in [5.41, 5.74) is 1.23. The van der Waals surface area contributed by atoms with E-state index in [9.17, 15) is 9.18 Å². The lowest BCUT2D eigenvalue weighted by Gasteiger charge is -2.31. The van der Waals surface area contributed by atoms with Gasteiger partial charge < -0.3 is 10.2 Å². The number of halogens is 1. The fourth-order valence-electron chi connectivity index (χ4n) is 4.71. The van der Waals surface area contributed by atoms with E-state index in [-0.39, 0.29) is 11.7 Å². The van der Waals surface area contributed by atoms with Crippen LogP contribution >= 0.6 is 0 Å². The number of hydrogen-bond donors (Lipinski definition) is 1. The predicted molar refractivity (Wildman–Crippen MR) is 109 cm³/mol. The van der Waals surface area contributed by atoms with Gasteiger partial charge in [-0.15, -0.1) is 0 Å². The average molecular weight is 381 g/mol. The molecule has 1 saturated heterocycles. The molecule has 2 fully saturated rings. The first-order valence-corrected chi connectivity index (χ1v) is 10.4. The van der Waals surface area contributed by atoms with Crippen LogP contribution in [-0.4, -0.2) is 24.0 Å². The van der Waals surface area contributed by atoms with E-state index >= 15 is 0 Å². The van der Waals surface area contributed by atoms with Crippen molar-refractivity contribution in [1.82, 2.24) is 10.3 Å². The van der Waals surface area contributed by atoms with Crippen molar-refractivity contribution in [3.63, 3.8) is 0 Å². The molecule has 148 valence electrons. The minimum absolute atomic E-state index is 0.00375. The number of benzene rings is 1. The first-order valence-electron chi connectivity index (χ1n) is 10.4. The Labute approximate surface area is 166 Å². The molecular weight excluding hydrogens is 353 g/mol. The number of amides is 1. The van der Waals surface area contributed by atoms with Crippen LogP contribution in [0.3, 0.4) is 0 Å². The summed E-state index contributed by atoms with van der Waals surface area (Å²) in [5, 5.41) is 3.15.